The van der Waals surface area contributed by atoms with E-state index in [0.717, 1.165) is 4.90 Å². The van der Waals surface area contributed by atoms with Gasteiger partial charge < -0.3 is 20.1 Å². The topological polar surface area (TPSA) is 131 Å². The number of aromatic nitrogens is 1. The molecule has 0 saturated heterocycles. The summed E-state index contributed by atoms with van der Waals surface area (Å²) < 4.78 is 4.83. The Bertz CT molecular complexity index is 816. The van der Waals surface area contributed by atoms with Gasteiger partial charge in [0, 0.05) is 31.8 Å². The van der Waals surface area contributed by atoms with Gasteiger partial charge in [-0.15, -0.1) is 0 Å². The number of nitro groups is 1. The van der Waals surface area contributed by atoms with Crippen LogP contribution in [0.1, 0.15) is 16.1 Å². The minimum atomic E-state index is -0.581. The molecule has 2 rings (SSSR count). The highest BCUT2D eigenvalue weighted by Crippen LogP contribution is 2.25. The van der Waals surface area contributed by atoms with Crippen molar-refractivity contribution in [2.45, 2.75) is 6.92 Å². The van der Waals surface area contributed by atoms with Crippen LogP contribution in [-0.2, 0) is 4.79 Å². The van der Waals surface area contributed by atoms with Crippen LogP contribution in [0.15, 0.2) is 28.8 Å². The van der Waals surface area contributed by atoms with Crippen LogP contribution in [0.3, 0.4) is 0 Å². The normalized spacial score (nSPS) is 10.2. The predicted molar refractivity (Wildman–Crippen MR) is 89.5 cm³/mol. The number of carbonyl (C=O) groups is 2. The number of nitrogens with zero attached hydrogens (tertiary/aromatic N) is 3. The van der Waals surface area contributed by atoms with E-state index in [9.17, 15) is 19.7 Å². The second-order valence-corrected chi connectivity index (χ2v) is 5.27. The molecule has 0 unspecified atom stereocenters. The fourth-order valence-corrected chi connectivity index (χ4v) is 2.14. The molecule has 0 radical (unpaired) electrons. The van der Waals surface area contributed by atoms with E-state index < -0.39 is 16.7 Å². The number of hydrogen-bond donors (Lipinski definition) is 2. The van der Waals surface area contributed by atoms with Crippen LogP contribution < -0.4 is 10.6 Å². The Morgan fingerprint density at radius 3 is 2.64 bits per heavy atom. The van der Waals surface area contributed by atoms with Gasteiger partial charge >= 0.3 is 0 Å². The van der Waals surface area contributed by atoms with E-state index in [-0.39, 0.29) is 23.6 Å². The summed E-state index contributed by atoms with van der Waals surface area (Å²) in [7, 11) is 2.97. The molecule has 2 N–H and O–H groups in total. The van der Waals surface area contributed by atoms with Crippen molar-refractivity contribution in [3.05, 3.63) is 45.7 Å². The molecule has 1 heterocycles. The maximum absolute atomic E-state index is 12.4. The Morgan fingerprint density at radius 1 is 1.36 bits per heavy atom. The van der Waals surface area contributed by atoms with Gasteiger partial charge in [0.1, 0.15) is 11.4 Å². The number of benzene rings is 1. The molecule has 25 heavy (non-hydrogen) atoms. The van der Waals surface area contributed by atoms with Crippen LogP contribution >= 0.6 is 0 Å². The second kappa shape index (κ2) is 7.43. The summed E-state index contributed by atoms with van der Waals surface area (Å²) in [5.41, 5.74) is 0.186. The number of likely N-dealkylation sites (N-methyl/N-ethyl adjacent to an activating group) is 1. The van der Waals surface area contributed by atoms with Crippen LogP contribution in [0, 0.1) is 17.0 Å². The predicted octanol–water partition coefficient (Wildman–Crippen LogP) is 1.64. The summed E-state index contributed by atoms with van der Waals surface area (Å²) in [6.07, 6.45) is 0. The van der Waals surface area contributed by atoms with Crippen molar-refractivity contribution in [2.24, 2.45) is 0 Å². The smallest absolute Gasteiger partial charge is 0.293 e. The minimum absolute atomic E-state index is 0.110. The van der Waals surface area contributed by atoms with Gasteiger partial charge in [-0.2, -0.15) is 0 Å². The van der Waals surface area contributed by atoms with Gasteiger partial charge in [0.05, 0.1) is 11.5 Å². The van der Waals surface area contributed by atoms with Crippen molar-refractivity contribution in [1.82, 2.24) is 10.1 Å². The van der Waals surface area contributed by atoms with E-state index in [1.54, 1.807) is 20.0 Å². The number of nitro benzene ring substituents is 1. The van der Waals surface area contributed by atoms with Crippen LogP contribution in [0.5, 0.6) is 0 Å². The van der Waals surface area contributed by atoms with E-state index in [0.29, 0.717) is 11.4 Å². The van der Waals surface area contributed by atoms with Crippen molar-refractivity contribution in [1.29, 1.82) is 0 Å². The number of anilines is 2. The van der Waals surface area contributed by atoms with Gasteiger partial charge in [-0.05, 0) is 19.1 Å². The molecule has 1 aromatic carbocycles. The Kier molecular flexibility index (Phi) is 5.32. The molecule has 0 spiro atoms. The molecule has 0 atom stereocenters. The van der Waals surface area contributed by atoms with Crippen LogP contribution in [0.2, 0.25) is 0 Å². The number of hydrogen-bond acceptors (Lipinski definition) is 7. The third kappa shape index (κ3) is 4.31. The third-order valence-corrected chi connectivity index (χ3v) is 3.33. The molecule has 0 bridgehead atoms. The number of carbonyl (C=O) groups excluding carboxylic acids is 2. The lowest BCUT2D eigenvalue weighted by molar-refractivity contribution is -0.384. The highest BCUT2D eigenvalue weighted by Gasteiger charge is 2.20. The molecule has 0 saturated carbocycles. The van der Waals surface area contributed by atoms with Gasteiger partial charge in [0.25, 0.3) is 11.6 Å². The molecular formula is C15H17N5O5. The maximum atomic E-state index is 12.4. The summed E-state index contributed by atoms with van der Waals surface area (Å²) in [6, 6.07) is 5.61. The SMILES string of the molecule is CNc1ccc(C(=O)N(C)CC(=O)Nc2cc(C)on2)cc1[N+](=O)[O-]. The first-order chi connectivity index (χ1) is 11.8. The van der Waals surface area contributed by atoms with E-state index in [1.165, 1.54) is 25.2 Å². The molecule has 0 fully saturated rings. The third-order valence-electron chi connectivity index (χ3n) is 3.33. The molecular weight excluding hydrogens is 330 g/mol. The summed E-state index contributed by atoms with van der Waals surface area (Å²) in [4.78, 5) is 36.0. The molecule has 10 heteroatoms. The van der Waals surface area contributed by atoms with E-state index in [2.05, 4.69) is 15.8 Å². The minimum Gasteiger partial charge on any atom is -0.383 e. The molecule has 0 aliphatic rings. The average Bonchev–Trinajstić information content (AvgIpc) is 2.97. The number of amides is 2. The average molecular weight is 347 g/mol. The first-order valence-corrected chi connectivity index (χ1v) is 7.26. The van der Waals surface area contributed by atoms with Gasteiger partial charge in [-0.1, -0.05) is 5.16 Å². The van der Waals surface area contributed by atoms with Crippen molar-refractivity contribution in [3.8, 4) is 0 Å². The highest BCUT2D eigenvalue weighted by atomic mass is 16.6. The van der Waals surface area contributed by atoms with Gasteiger partial charge in [0.15, 0.2) is 5.82 Å². The fourth-order valence-electron chi connectivity index (χ4n) is 2.14. The largest absolute Gasteiger partial charge is 0.383 e. The van der Waals surface area contributed by atoms with Gasteiger partial charge in [-0.25, -0.2) is 0 Å². The number of rotatable bonds is 6. The summed E-state index contributed by atoms with van der Waals surface area (Å²) >= 11 is 0. The Labute approximate surface area is 142 Å². The van der Waals surface area contributed by atoms with E-state index in [4.69, 9.17) is 4.52 Å². The van der Waals surface area contributed by atoms with Crippen molar-refractivity contribution in [3.63, 3.8) is 0 Å². The zero-order valence-corrected chi connectivity index (χ0v) is 13.9. The lowest BCUT2D eigenvalue weighted by Gasteiger charge is -2.16. The number of nitrogens with one attached hydrogen (secondary N) is 2. The molecule has 2 aromatic rings. The Balaban J connectivity index is 2.07. The monoisotopic (exact) mass is 347 g/mol. The highest BCUT2D eigenvalue weighted by molar-refractivity contribution is 5.99. The van der Waals surface area contributed by atoms with Crippen molar-refractivity contribution < 1.29 is 19.0 Å². The lowest BCUT2D eigenvalue weighted by Crippen LogP contribution is -2.35. The fraction of sp³-hybridized carbons (Fsp3) is 0.267. The molecule has 2 amide bonds. The molecule has 0 aliphatic carbocycles. The Hall–Kier alpha value is -3.43. The quantitative estimate of drug-likeness (QED) is 0.600. The summed E-state index contributed by atoms with van der Waals surface area (Å²) in [5.74, 6) is -0.197. The van der Waals surface area contributed by atoms with E-state index in [1.807, 2.05) is 0 Å². The van der Waals surface area contributed by atoms with Crippen molar-refractivity contribution >= 4 is 29.0 Å². The molecule has 132 valence electrons. The summed E-state index contributed by atoms with van der Waals surface area (Å²) in [5, 5.41) is 19.9. The molecule has 0 aliphatic heterocycles. The summed E-state index contributed by atoms with van der Waals surface area (Å²) in [6.45, 7) is 1.44. The first-order valence-electron chi connectivity index (χ1n) is 7.26. The first kappa shape index (κ1) is 17.9. The Morgan fingerprint density at radius 2 is 2.08 bits per heavy atom. The second-order valence-electron chi connectivity index (χ2n) is 5.27. The molecule has 1 aromatic heterocycles. The van der Waals surface area contributed by atoms with Crippen LogP contribution in [0.4, 0.5) is 17.2 Å². The van der Waals surface area contributed by atoms with Crippen LogP contribution in [-0.4, -0.2) is 47.4 Å². The van der Waals surface area contributed by atoms with Gasteiger partial charge in [-0.3, -0.25) is 19.7 Å². The van der Waals surface area contributed by atoms with E-state index >= 15 is 0 Å². The standard InChI is InChI=1S/C15H17N5O5/c1-9-6-13(18-25-9)17-14(21)8-19(3)15(22)10-4-5-11(16-2)12(7-10)20(23)24/h4-7,16H,8H2,1-3H3,(H,17,18,21). The molecule has 10 nitrogen and oxygen atoms in total. The van der Waals surface area contributed by atoms with Crippen LogP contribution in [0.25, 0.3) is 0 Å². The zero-order valence-electron chi connectivity index (χ0n) is 13.9. The number of aryl methyl sites for hydroxylation is 1. The zero-order chi connectivity index (χ0) is 18.6. The maximum Gasteiger partial charge on any atom is 0.293 e. The van der Waals surface area contributed by atoms with Gasteiger partial charge in [0.2, 0.25) is 5.91 Å². The lowest BCUT2D eigenvalue weighted by atomic mass is 10.1. The van der Waals surface area contributed by atoms with Crippen molar-refractivity contribution in [2.75, 3.05) is 31.3 Å².